The van der Waals surface area contributed by atoms with E-state index in [0.717, 1.165) is 0 Å². The Labute approximate surface area is 152 Å². The van der Waals surface area contributed by atoms with Gasteiger partial charge in [-0.1, -0.05) is 0 Å². The molecule has 7 heteroatoms. The molecule has 140 valence electrons. The van der Waals surface area contributed by atoms with Gasteiger partial charge in [0.1, 0.15) is 17.1 Å². The summed E-state index contributed by atoms with van der Waals surface area (Å²) in [4.78, 5) is 29.0. The Bertz CT molecular complexity index is 706. The average molecular weight is 360 g/mol. The molecule has 0 bridgehead atoms. The van der Waals surface area contributed by atoms with Gasteiger partial charge in [-0.15, -0.1) is 0 Å². The number of ketones is 1. The fraction of sp³-hybridized carbons (Fsp3) is 0.579. The van der Waals surface area contributed by atoms with Crippen LogP contribution in [-0.4, -0.2) is 73.7 Å². The number of piperidine rings is 1. The van der Waals surface area contributed by atoms with Crippen LogP contribution in [0.2, 0.25) is 0 Å². The van der Waals surface area contributed by atoms with Gasteiger partial charge in [0.15, 0.2) is 5.78 Å². The first-order chi connectivity index (χ1) is 12.6. The average Bonchev–Trinajstić information content (AvgIpc) is 2.68. The molecule has 3 aliphatic rings. The SMILES string of the molecule is COc1ccc2c(c1)C(=O)CC1(CCN(C(=O)N3CCOCC3)CC1)O2. The molecule has 3 heterocycles. The number of Topliss-reactive ketones (excluding diaryl/α,β-unsaturated/α-hetero) is 1. The second-order valence-corrected chi connectivity index (χ2v) is 7.12. The molecule has 0 N–H and O–H groups in total. The monoisotopic (exact) mass is 360 g/mol. The Kier molecular flexibility index (Phi) is 4.48. The Morgan fingerprint density at radius 2 is 1.81 bits per heavy atom. The molecule has 0 aromatic heterocycles. The van der Waals surface area contributed by atoms with Crippen LogP contribution in [0.3, 0.4) is 0 Å². The molecule has 0 aliphatic carbocycles. The van der Waals surface area contributed by atoms with Crippen LogP contribution in [0.5, 0.6) is 11.5 Å². The van der Waals surface area contributed by atoms with Crippen LogP contribution >= 0.6 is 0 Å². The van der Waals surface area contributed by atoms with Gasteiger partial charge >= 0.3 is 6.03 Å². The van der Waals surface area contributed by atoms with E-state index in [9.17, 15) is 9.59 Å². The third kappa shape index (κ3) is 3.11. The zero-order valence-corrected chi connectivity index (χ0v) is 15.0. The number of rotatable bonds is 1. The lowest BCUT2D eigenvalue weighted by Gasteiger charge is -2.45. The zero-order chi connectivity index (χ0) is 18.1. The number of carbonyl (C=O) groups excluding carboxylic acids is 2. The number of urea groups is 1. The number of likely N-dealkylation sites (tertiary alicyclic amines) is 1. The lowest BCUT2D eigenvalue weighted by Crippen LogP contribution is -2.56. The molecule has 2 saturated heterocycles. The van der Waals surface area contributed by atoms with Crippen LogP contribution in [0.15, 0.2) is 18.2 Å². The molecule has 0 unspecified atom stereocenters. The van der Waals surface area contributed by atoms with E-state index in [2.05, 4.69) is 0 Å². The molecule has 1 spiro atoms. The lowest BCUT2D eigenvalue weighted by molar-refractivity contribution is -0.00899. The van der Waals surface area contributed by atoms with Gasteiger partial charge in [0.05, 0.1) is 32.3 Å². The summed E-state index contributed by atoms with van der Waals surface area (Å²) in [6.07, 6.45) is 1.69. The largest absolute Gasteiger partial charge is 0.497 e. The minimum absolute atomic E-state index is 0.0652. The molecule has 3 aliphatic heterocycles. The molecule has 1 aromatic rings. The minimum atomic E-state index is -0.500. The first-order valence-electron chi connectivity index (χ1n) is 9.12. The van der Waals surface area contributed by atoms with Crippen LogP contribution in [0.1, 0.15) is 29.6 Å². The molecule has 2 amide bonds. The third-order valence-electron chi connectivity index (χ3n) is 5.52. The molecule has 1 aromatic carbocycles. The maximum Gasteiger partial charge on any atom is 0.320 e. The van der Waals surface area contributed by atoms with Gasteiger partial charge < -0.3 is 24.0 Å². The van der Waals surface area contributed by atoms with Crippen molar-refractivity contribution in [3.63, 3.8) is 0 Å². The van der Waals surface area contributed by atoms with Crippen molar-refractivity contribution >= 4 is 11.8 Å². The topological polar surface area (TPSA) is 68.3 Å². The Balaban J connectivity index is 1.43. The summed E-state index contributed by atoms with van der Waals surface area (Å²) in [5.41, 5.74) is 0.0855. The lowest BCUT2D eigenvalue weighted by atomic mass is 9.82. The van der Waals surface area contributed by atoms with E-state index in [1.54, 1.807) is 19.2 Å². The van der Waals surface area contributed by atoms with E-state index in [1.165, 1.54) is 0 Å². The quantitative estimate of drug-likeness (QED) is 0.766. The van der Waals surface area contributed by atoms with Gasteiger partial charge in [-0.25, -0.2) is 4.79 Å². The predicted molar refractivity (Wildman–Crippen MR) is 93.9 cm³/mol. The predicted octanol–water partition coefficient (Wildman–Crippen LogP) is 1.95. The van der Waals surface area contributed by atoms with E-state index in [0.29, 0.717) is 75.7 Å². The van der Waals surface area contributed by atoms with Crippen molar-refractivity contribution in [3.05, 3.63) is 23.8 Å². The molecule has 26 heavy (non-hydrogen) atoms. The summed E-state index contributed by atoms with van der Waals surface area (Å²) in [5, 5.41) is 0. The highest BCUT2D eigenvalue weighted by Gasteiger charge is 2.44. The smallest absolute Gasteiger partial charge is 0.320 e. The van der Waals surface area contributed by atoms with E-state index >= 15 is 0 Å². The number of benzene rings is 1. The van der Waals surface area contributed by atoms with Crippen molar-refractivity contribution in [3.8, 4) is 11.5 Å². The van der Waals surface area contributed by atoms with Crippen LogP contribution in [-0.2, 0) is 4.74 Å². The molecule has 0 saturated carbocycles. The zero-order valence-electron chi connectivity index (χ0n) is 15.0. The maximum absolute atomic E-state index is 12.7. The minimum Gasteiger partial charge on any atom is -0.497 e. The highest BCUT2D eigenvalue weighted by molar-refractivity contribution is 6.00. The Morgan fingerprint density at radius 3 is 2.50 bits per heavy atom. The molecule has 7 nitrogen and oxygen atoms in total. The first-order valence-corrected chi connectivity index (χ1v) is 9.12. The van der Waals surface area contributed by atoms with Crippen LogP contribution in [0.4, 0.5) is 4.79 Å². The Morgan fingerprint density at radius 1 is 1.12 bits per heavy atom. The summed E-state index contributed by atoms with van der Waals surface area (Å²) in [6.45, 7) is 3.70. The summed E-state index contributed by atoms with van der Waals surface area (Å²) < 4.78 is 16.8. The maximum atomic E-state index is 12.7. The van der Waals surface area contributed by atoms with Crippen molar-refractivity contribution in [1.29, 1.82) is 0 Å². The van der Waals surface area contributed by atoms with E-state index in [4.69, 9.17) is 14.2 Å². The molecule has 2 fully saturated rings. The number of fused-ring (bicyclic) bond motifs is 1. The number of amides is 2. The van der Waals surface area contributed by atoms with Gasteiger partial charge in [0, 0.05) is 39.0 Å². The highest BCUT2D eigenvalue weighted by Crippen LogP contribution is 2.40. The van der Waals surface area contributed by atoms with E-state index in [-0.39, 0.29) is 11.8 Å². The fourth-order valence-electron chi connectivity index (χ4n) is 3.94. The second-order valence-electron chi connectivity index (χ2n) is 7.12. The van der Waals surface area contributed by atoms with E-state index < -0.39 is 5.60 Å². The van der Waals surface area contributed by atoms with Crippen molar-refractivity contribution < 1.29 is 23.8 Å². The molecular formula is C19H24N2O5. The number of nitrogens with zero attached hydrogens (tertiary/aromatic N) is 2. The number of ether oxygens (including phenoxy) is 3. The highest BCUT2D eigenvalue weighted by atomic mass is 16.5. The van der Waals surface area contributed by atoms with Crippen molar-refractivity contribution in [2.75, 3.05) is 46.5 Å². The summed E-state index contributed by atoms with van der Waals surface area (Å²) >= 11 is 0. The van der Waals surface area contributed by atoms with Gasteiger partial charge in [-0.05, 0) is 18.2 Å². The van der Waals surface area contributed by atoms with Crippen molar-refractivity contribution in [2.24, 2.45) is 0 Å². The van der Waals surface area contributed by atoms with Gasteiger partial charge in [0.25, 0.3) is 0 Å². The van der Waals surface area contributed by atoms with Gasteiger partial charge in [0.2, 0.25) is 0 Å². The molecule has 0 radical (unpaired) electrons. The van der Waals surface area contributed by atoms with Crippen LogP contribution < -0.4 is 9.47 Å². The van der Waals surface area contributed by atoms with Crippen LogP contribution in [0.25, 0.3) is 0 Å². The number of hydrogen-bond acceptors (Lipinski definition) is 5. The molecular weight excluding hydrogens is 336 g/mol. The summed E-state index contributed by atoms with van der Waals surface area (Å²) in [7, 11) is 1.58. The number of morpholine rings is 1. The standard InChI is InChI=1S/C19H24N2O5/c1-24-14-2-3-17-15(12-14)16(22)13-19(26-17)4-6-20(7-5-19)18(23)21-8-10-25-11-9-21/h2-3,12H,4-11,13H2,1H3. The fourth-order valence-corrected chi connectivity index (χ4v) is 3.94. The van der Waals surface area contributed by atoms with Gasteiger partial charge in [-0.3, -0.25) is 4.79 Å². The van der Waals surface area contributed by atoms with Crippen molar-refractivity contribution in [1.82, 2.24) is 9.80 Å². The third-order valence-corrected chi connectivity index (χ3v) is 5.52. The molecule has 0 atom stereocenters. The van der Waals surface area contributed by atoms with Crippen molar-refractivity contribution in [2.45, 2.75) is 24.9 Å². The molecule has 4 rings (SSSR count). The van der Waals surface area contributed by atoms with Crippen LogP contribution in [0, 0.1) is 0 Å². The summed E-state index contributed by atoms with van der Waals surface area (Å²) in [5.74, 6) is 1.36. The number of methoxy groups -OCH3 is 1. The van der Waals surface area contributed by atoms with E-state index in [1.807, 2.05) is 15.9 Å². The number of hydrogen-bond donors (Lipinski definition) is 0. The van der Waals surface area contributed by atoms with Gasteiger partial charge in [-0.2, -0.15) is 0 Å². The second kappa shape index (κ2) is 6.79. The first kappa shape index (κ1) is 17.1. The number of carbonyl (C=O) groups is 2. The Hall–Kier alpha value is -2.28. The normalized spacial score (nSPS) is 22.0. The summed E-state index contributed by atoms with van der Waals surface area (Å²) in [6, 6.07) is 5.41.